The summed E-state index contributed by atoms with van der Waals surface area (Å²) in [5, 5.41) is 3.76. The number of anilines is 2. The number of benzene rings is 1. The van der Waals surface area contributed by atoms with Crippen molar-refractivity contribution in [2.45, 2.75) is 30.7 Å². The van der Waals surface area contributed by atoms with Gasteiger partial charge in [0.05, 0.1) is 10.6 Å². The first-order valence-corrected chi connectivity index (χ1v) is 11.5. The second-order valence-electron chi connectivity index (χ2n) is 9.28. The van der Waals surface area contributed by atoms with E-state index in [0.717, 1.165) is 24.8 Å². The maximum Gasteiger partial charge on any atom is 0.258 e. The number of carbonyl (C=O) groups is 1. The van der Waals surface area contributed by atoms with E-state index in [0.29, 0.717) is 22.9 Å². The summed E-state index contributed by atoms with van der Waals surface area (Å²) in [6.45, 7) is 0.644. The SMILES string of the molecule is CN(C)C(=O)c1c(N)ccc(-c2cnc3c(c2Cl)[C@@]2(CC[C@@H](n4ccccc4=O)C2)CN3)c1F. The Labute approximate surface area is 201 Å². The third-order valence-corrected chi connectivity index (χ3v) is 7.44. The Morgan fingerprint density at radius 3 is 2.82 bits per heavy atom. The molecule has 0 saturated heterocycles. The molecule has 1 aliphatic heterocycles. The van der Waals surface area contributed by atoms with E-state index < -0.39 is 11.7 Å². The van der Waals surface area contributed by atoms with Gasteiger partial charge in [-0.3, -0.25) is 9.59 Å². The van der Waals surface area contributed by atoms with E-state index in [4.69, 9.17) is 17.3 Å². The molecule has 1 spiro atoms. The largest absolute Gasteiger partial charge is 0.398 e. The van der Waals surface area contributed by atoms with Crippen LogP contribution in [-0.4, -0.2) is 41.0 Å². The van der Waals surface area contributed by atoms with Crippen molar-refractivity contribution in [3.05, 3.63) is 75.0 Å². The summed E-state index contributed by atoms with van der Waals surface area (Å²) in [5.74, 6) is -0.565. The molecule has 2 aliphatic rings. The fourth-order valence-corrected chi connectivity index (χ4v) is 5.78. The highest BCUT2D eigenvalue weighted by atomic mass is 35.5. The van der Waals surface area contributed by atoms with Crippen LogP contribution in [0.2, 0.25) is 5.02 Å². The smallest absolute Gasteiger partial charge is 0.258 e. The van der Waals surface area contributed by atoms with Crippen molar-refractivity contribution in [3.8, 4) is 11.1 Å². The van der Waals surface area contributed by atoms with Crippen molar-refractivity contribution in [3.63, 3.8) is 0 Å². The third kappa shape index (κ3) is 3.36. The number of halogens is 2. The van der Waals surface area contributed by atoms with E-state index in [1.807, 2.05) is 12.3 Å². The maximum atomic E-state index is 15.6. The van der Waals surface area contributed by atoms with Gasteiger partial charge in [0.15, 0.2) is 0 Å². The quantitative estimate of drug-likeness (QED) is 0.550. The monoisotopic (exact) mass is 481 g/mol. The maximum absolute atomic E-state index is 15.6. The van der Waals surface area contributed by atoms with Crippen LogP contribution in [0.4, 0.5) is 15.9 Å². The molecule has 3 N–H and O–H groups in total. The number of nitrogens with one attached hydrogen (secondary N) is 1. The lowest BCUT2D eigenvalue weighted by Gasteiger charge is -2.25. The van der Waals surface area contributed by atoms with Gasteiger partial charge in [-0.05, 0) is 37.5 Å². The molecule has 1 fully saturated rings. The van der Waals surface area contributed by atoms with Crippen molar-refractivity contribution >= 4 is 29.0 Å². The summed E-state index contributed by atoms with van der Waals surface area (Å²) in [6, 6.07) is 8.24. The molecule has 0 bridgehead atoms. The van der Waals surface area contributed by atoms with Gasteiger partial charge in [0.2, 0.25) is 0 Å². The van der Waals surface area contributed by atoms with Crippen molar-refractivity contribution in [2.24, 2.45) is 0 Å². The highest BCUT2D eigenvalue weighted by molar-refractivity contribution is 6.34. The molecule has 9 heteroatoms. The molecular weight excluding hydrogens is 457 g/mol. The molecule has 3 aromatic rings. The number of hydrogen-bond acceptors (Lipinski definition) is 5. The van der Waals surface area contributed by atoms with Crippen LogP contribution in [-0.2, 0) is 5.41 Å². The molecule has 7 nitrogen and oxygen atoms in total. The van der Waals surface area contributed by atoms with Crippen molar-refractivity contribution in [1.82, 2.24) is 14.5 Å². The van der Waals surface area contributed by atoms with Gasteiger partial charge >= 0.3 is 0 Å². The number of hydrogen-bond donors (Lipinski definition) is 2. The van der Waals surface area contributed by atoms with E-state index in [9.17, 15) is 9.59 Å². The van der Waals surface area contributed by atoms with Crippen molar-refractivity contribution in [2.75, 3.05) is 31.7 Å². The molecule has 176 valence electrons. The molecule has 1 saturated carbocycles. The van der Waals surface area contributed by atoms with Gasteiger partial charge < -0.3 is 20.5 Å². The fraction of sp³-hybridized carbons (Fsp3) is 0.320. The number of fused-ring (bicyclic) bond motifs is 2. The van der Waals surface area contributed by atoms with E-state index in [1.165, 1.54) is 23.2 Å². The van der Waals surface area contributed by atoms with Gasteiger partial charge in [0.1, 0.15) is 11.6 Å². The number of nitrogens with zero attached hydrogens (tertiary/aromatic N) is 3. The molecule has 34 heavy (non-hydrogen) atoms. The summed E-state index contributed by atoms with van der Waals surface area (Å²) < 4.78 is 17.4. The van der Waals surface area contributed by atoms with Gasteiger partial charge in [-0.25, -0.2) is 9.37 Å². The van der Waals surface area contributed by atoms with Crippen LogP contribution in [0.5, 0.6) is 0 Å². The molecular formula is C25H25ClFN5O2. The number of rotatable bonds is 3. The first-order valence-electron chi connectivity index (χ1n) is 11.1. The minimum atomic E-state index is -0.720. The van der Waals surface area contributed by atoms with E-state index in [2.05, 4.69) is 10.3 Å². The molecule has 5 rings (SSSR count). The Morgan fingerprint density at radius 1 is 1.29 bits per heavy atom. The molecule has 1 amide bonds. The van der Waals surface area contributed by atoms with Crippen molar-refractivity contribution < 1.29 is 9.18 Å². The Bertz CT molecular complexity index is 1370. The minimum Gasteiger partial charge on any atom is -0.398 e. The van der Waals surface area contributed by atoms with Crippen molar-refractivity contribution in [1.29, 1.82) is 0 Å². The lowest BCUT2D eigenvalue weighted by atomic mass is 9.80. The lowest BCUT2D eigenvalue weighted by Crippen LogP contribution is -2.28. The lowest BCUT2D eigenvalue weighted by molar-refractivity contribution is 0.0824. The zero-order valence-electron chi connectivity index (χ0n) is 18.9. The molecule has 0 radical (unpaired) electrons. The number of pyridine rings is 2. The highest BCUT2D eigenvalue weighted by Crippen LogP contribution is 2.54. The molecule has 0 unspecified atom stereocenters. The van der Waals surface area contributed by atoms with Crippen LogP contribution in [0.15, 0.2) is 47.5 Å². The zero-order valence-corrected chi connectivity index (χ0v) is 19.7. The van der Waals surface area contributed by atoms with Crippen LogP contribution in [0, 0.1) is 5.82 Å². The summed E-state index contributed by atoms with van der Waals surface area (Å²) in [4.78, 5) is 30.8. The Balaban J connectivity index is 1.59. The second-order valence-corrected chi connectivity index (χ2v) is 9.65. The average molecular weight is 482 g/mol. The van der Waals surface area contributed by atoms with Gasteiger partial charge in [-0.15, -0.1) is 0 Å². The van der Waals surface area contributed by atoms with Gasteiger partial charge in [-0.1, -0.05) is 17.7 Å². The van der Waals surface area contributed by atoms with Crippen LogP contribution < -0.4 is 16.6 Å². The standard InChI is InChI=1S/C25H25ClFN5O2/c1-31(2)24(34)19-17(28)7-6-15(22(19)27)16-12-29-23-20(21(16)26)25(13-30-23)9-8-14(11-25)32-10-4-3-5-18(32)33/h3-7,10,12,14H,8-9,11,13,28H2,1-2H3,(H,29,30)/t14-,25-/m1/s1. The summed E-state index contributed by atoms with van der Waals surface area (Å²) >= 11 is 6.95. The number of aromatic nitrogens is 2. The predicted octanol–water partition coefficient (Wildman–Crippen LogP) is 4.08. The molecule has 3 heterocycles. The Morgan fingerprint density at radius 2 is 2.09 bits per heavy atom. The van der Waals surface area contributed by atoms with Gasteiger partial charge in [-0.2, -0.15) is 0 Å². The number of nitrogen functional groups attached to an aromatic ring is 1. The Hall–Kier alpha value is -3.39. The van der Waals surface area contributed by atoms with Crippen LogP contribution >= 0.6 is 11.6 Å². The highest BCUT2D eigenvalue weighted by Gasteiger charge is 2.48. The van der Waals surface area contributed by atoms with E-state index >= 15 is 4.39 Å². The topological polar surface area (TPSA) is 93.2 Å². The molecule has 1 aliphatic carbocycles. The molecule has 2 atom stereocenters. The number of carbonyl (C=O) groups excluding carboxylic acids is 1. The summed E-state index contributed by atoms with van der Waals surface area (Å²) in [6.07, 6.45) is 5.70. The number of nitrogens with two attached hydrogens (primary N) is 1. The third-order valence-electron chi connectivity index (χ3n) is 7.05. The van der Waals surface area contributed by atoms with Crippen LogP contribution in [0.3, 0.4) is 0 Å². The van der Waals surface area contributed by atoms with Gasteiger partial charge in [0.25, 0.3) is 11.5 Å². The summed E-state index contributed by atoms with van der Waals surface area (Å²) in [5.41, 5.74) is 6.90. The Kier molecular flexibility index (Phi) is 5.36. The molecule has 1 aromatic carbocycles. The first kappa shape index (κ1) is 22.4. The predicted molar refractivity (Wildman–Crippen MR) is 131 cm³/mol. The minimum absolute atomic E-state index is 0.0317. The van der Waals surface area contributed by atoms with Gasteiger partial charge in [0, 0.05) is 72.9 Å². The van der Waals surface area contributed by atoms with Crippen LogP contribution in [0.25, 0.3) is 11.1 Å². The molecule has 2 aromatic heterocycles. The number of amides is 1. The zero-order chi connectivity index (χ0) is 24.2. The average Bonchev–Trinajstić information content (AvgIpc) is 3.39. The normalized spacial score (nSPS) is 20.9. The first-order chi connectivity index (χ1) is 16.2. The van der Waals surface area contributed by atoms with Crippen LogP contribution in [0.1, 0.15) is 41.2 Å². The van der Waals surface area contributed by atoms with E-state index in [-0.39, 0.29) is 33.8 Å². The fourth-order valence-electron chi connectivity index (χ4n) is 5.34. The second kappa shape index (κ2) is 8.13. The van der Waals surface area contributed by atoms with E-state index in [1.54, 1.807) is 30.8 Å². The summed E-state index contributed by atoms with van der Waals surface area (Å²) in [7, 11) is 3.09.